The number of hydrogen-bond donors (Lipinski definition) is 2. The minimum Gasteiger partial charge on any atom is -0.508 e. The van der Waals surface area contributed by atoms with Crippen LogP contribution in [0.1, 0.15) is 16.7 Å². The largest absolute Gasteiger partial charge is 0.508 e. The Kier molecular flexibility index (Phi) is 5.55. The van der Waals surface area contributed by atoms with E-state index in [-0.39, 0.29) is 28.9 Å². The van der Waals surface area contributed by atoms with Gasteiger partial charge in [0.2, 0.25) is 0 Å². The van der Waals surface area contributed by atoms with Gasteiger partial charge in [-0.3, -0.25) is 0 Å². The topological polar surface area (TPSA) is 87.7 Å². The van der Waals surface area contributed by atoms with Gasteiger partial charge in [0.25, 0.3) is 0 Å². The standard InChI is InChI=1S/C25H16F2O5/c26-16-6-8-19(21(27)12-16)24-20(18-9-7-17(28)13-22(18)32-25(24)31)11-15-3-1-14(2-4-15)5-10-23(29)30/h1-10,12-13,28H,11H2,(H,29,30)/b10-5+. The molecule has 0 radical (unpaired) electrons. The van der Waals surface area contributed by atoms with E-state index in [1.807, 2.05) is 0 Å². The highest BCUT2D eigenvalue weighted by atomic mass is 19.1. The molecule has 0 atom stereocenters. The highest BCUT2D eigenvalue weighted by Gasteiger charge is 2.20. The normalized spacial score (nSPS) is 11.3. The van der Waals surface area contributed by atoms with Crippen LogP contribution in [-0.4, -0.2) is 16.2 Å². The molecule has 0 unspecified atom stereocenters. The molecule has 7 heteroatoms. The molecule has 5 nitrogen and oxygen atoms in total. The third-order valence-electron chi connectivity index (χ3n) is 4.98. The summed E-state index contributed by atoms with van der Waals surface area (Å²) in [6.07, 6.45) is 2.68. The number of phenols is 1. The molecule has 1 heterocycles. The van der Waals surface area contributed by atoms with Gasteiger partial charge in [-0.15, -0.1) is 0 Å². The van der Waals surface area contributed by atoms with E-state index in [2.05, 4.69) is 0 Å². The Balaban J connectivity index is 1.88. The molecular formula is C25H16F2O5. The van der Waals surface area contributed by atoms with Gasteiger partial charge in [-0.2, -0.15) is 0 Å². The van der Waals surface area contributed by atoms with Crippen LogP contribution < -0.4 is 5.63 Å². The number of carbonyl (C=O) groups is 1. The van der Waals surface area contributed by atoms with Gasteiger partial charge in [0.1, 0.15) is 23.0 Å². The lowest BCUT2D eigenvalue weighted by Crippen LogP contribution is -2.10. The zero-order valence-electron chi connectivity index (χ0n) is 16.5. The maximum Gasteiger partial charge on any atom is 0.344 e. The van der Waals surface area contributed by atoms with E-state index in [0.717, 1.165) is 17.7 Å². The molecule has 32 heavy (non-hydrogen) atoms. The predicted molar refractivity (Wildman–Crippen MR) is 115 cm³/mol. The molecule has 4 rings (SSSR count). The van der Waals surface area contributed by atoms with Crippen molar-refractivity contribution in [3.8, 4) is 16.9 Å². The average Bonchev–Trinajstić information content (AvgIpc) is 2.74. The smallest absolute Gasteiger partial charge is 0.344 e. The monoisotopic (exact) mass is 434 g/mol. The highest BCUT2D eigenvalue weighted by Crippen LogP contribution is 2.32. The second-order valence-corrected chi connectivity index (χ2v) is 7.14. The second-order valence-electron chi connectivity index (χ2n) is 7.14. The Hall–Kier alpha value is -4.26. The summed E-state index contributed by atoms with van der Waals surface area (Å²) in [7, 11) is 0. The number of fused-ring (bicyclic) bond motifs is 1. The van der Waals surface area contributed by atoms with Crippen LogP contribution in [0.15, 0.2) is 76.0 Å². The number of aromatic hydroxyl groups is 1. The molecule has 0 fully saturated rings. The van der Waals surface area contributed by atoms with E-state index in [1.165, 1.54) is 24.3 Å². The lowest BCUT2D eigenvalue weighted by molar-refractivity contribution is -0.131. The van der Waals surface area contributed by atoms with Crippen LogP contribution in [0.5, 0.6) is 5.75 Å². The Bertz CT molecular complexity index is 1420. The third kappa shape index (κ3) is 4.27. The van der Waals surface area contributed by atoms with Crippen LogP contribution in [0.3, 0.4) is 0 Å². The van der Waals surface area contributed by atoms with Crippen molar-refractivity contribution in [2.45, 2.75) is 6.42 Å². The van der Waals surface area contributed by atoms with Crippen LogP contribution in [0.2, 0.25) is 0 Å². The molecule has 2 N–H and O–H groups in total. The van der Waals surface area contributed by atoms with E-state index in [4.69, 9.17) is 9.52 Å². The van der Waals surface area contributed by atoms with E-state index < -0.39 is 23.2 Å². The van der Waals surface area contributed by atoms with Crippen molar-refractivity contribution in [3.63, 3.8) is 0 Å². The molecule has 0 saturated heterocycles. The first-order valence-electron chi connectivity index (χ1n) is 9.56. The molecule has 160 valence electrons. The lowest BCUT2D eigenvalue weighted by Gasteiger charge is -2.13. The lowest BCUT2D eigenvalue weighted by atomic mass is 9.93. The van der Waals surface area contributed by atoms with Crippen LogP contribution in [0.25, 0.3) is 28.2 Å². The van der Waals surface area contributed by atoms with E-state index in [1.54, 1.807) is 30.3 Å². The van der Waals surface area contributed by atoms with E-state index in [0.29, 0.717) is 22.6 Å². The zero-order valence-corrected chi connectivity index (χ0v) is 16.5. The fourth-order valence-electron chi connectivity index (χ4n) is 3.52. The number of aliphatic carboxylic acids is 1. The predicted octanol–water partition coefficient (Wildman–Crippen LogP) is 5.13. The number of rotatable bonds is 5. The third-order valence-corrected chi connectivity index (χ3v) is 4.98. The summed E-state index contributed by atoms with van der Waals surface area (Å²) in [5.74, 6) is -2.83. The van der Waals surface area contributed by atoms with Gasteiger partial charge in [0.15, 0.2) is 0 Å². The quantitative estimate of drug-likeness (QED) is 0.336. The summed E-state index contributed by atoms with van der Waals surface area (Å²) < 4.78 is 33.4. The first-order chi connectivity index (χ1) is 15.3. The minimum absolute atomic E-state index is 0.0319. The SMILES string of the molecule is O=C(O)/C=C/c1ccc(Cc2c(-c3ccc(F)cc3F)c(=O)oc3cc(O)ccc23)cc1. The summed E-state index contributed by atoms with van der Waals surface area (Å²) in [5.41, 5.74) is 1.09. The number of carboxylic acid groups (broad SMARTS) is 1. The molecular weight excluding hydrogens is 418 g/mol. The molecule has 1 aromatic heterocycles. The van der Waals surface area contributed by atoms with Crippen LogP contribution in [0.4, 0.5) is 8.78 Å². The highest BCUT2D eigenvalue weighted by molar-refractivity contribution is 5.88. The molecule has 0 aliphatic carbocycles. The van der Waals surface area contributed by atoms with Gasteiger partial charge in [-0.1, -0.05) is 24.3 Å². The van der Waals surface area contributed by atoms with Crippen LogP contribution in [0, 0.1) is 11.6 Å². The van der Waals surface area contributed by atoms with Gasteiger partial charge >= 0.3 is 11.6 Å². The molecule has 4 aromatic rings. The Morgan fingerprint density at radius 3 is 2.44 bits per heavy atom. The van der Waals surface area contributed by atoms with E-state index >= 15 is 0 Å². The summed E-state index contributed by atoms with van der Waals surface area (Å²) in [5, 5.41) is 19.0. The maximum absolute atomic E-state index is 14.6. The van der Waals surface area contributed by atoms with E-state index in [9.17, 15) is 23.5 Å². The molecule has 0 saturated carbocycles. The number of benzene rings is 3. The Labute approximate surface area is 180 Å². The molecule has 0 bridgehead atoms. The number of hydrogen-bond acceptors (Lipinski definition) is 4. The van der Waals surface area contributed by atoms with Crippen LogP contribution in [-0.2, 0) is 11.2 Å². The van der Waals surface area contributed by atoms with Crippen molar-refractivity contribution < 1.29 is 28.2 Å². The second kappa shape index (κ2) is 8.47. The minimum atomic E-state index is -1.06. The van der Waals surface area contributed by atoms with Crippen LogP contribution >= 0.6 is 0 Å². The maximum atomic E-state index is 14.6. The van der Waals surface area contributed by atoms with Crippen molar-refractivity contribution in [3.05, 3.63) is 105 Å². The zero-order chi connectivity index (χ0) is 22.8. The molecule has 0 aliphatic rings. The fourth-order valence-corrected chi connectivity index (χ4v) is 3.52. The summed E-state index contributed by atoms with van der Waals surface area (Å²) in [4.78, 5) is 23.5. The summed E-state index contributed by atoms with van der Waals surface area (Å²) in [6, 6.07) is 14.2. The van der Waals surface area contributed by atoms with Gasteiger partial charge in [0.05, 0.1) is 5.56 Å². The van der Waals surface area contributed by atoms with Gasteiger partial charge in [-0.05, 0) is 53.5 Å². The molecule has 0 aliphatic heterocycles. The summed E-state index contributed by atoms with van der Waals surface area (Å²) in [6.45, 7) is 0. The van der Waals surface area contributed by atoms with Crippen molar-refractivity contribution in [1.29, 1.82) is 0 Å². The molecule has 0 spiro atoms. The van der Waals surface area contributed by atoms with Crippen molar-refractivity contribution >= 4 is 23.0 Å². The van der Waals surface area contributed by atoms with Gasteiger partial charge in [0, 0.05) is 29.2 Å². The van der Waals surface area contributed by atoms with Gasteiger partial charge in [-0.25, -0.2) is 18.4 Å². The fraction of sp³-hybridized carbons (Fsp3) is 0.0400. The molecule has 3 aromatic carbocycles. The summed E-state index contributed by atoms with van der Waals surface area (Å²) >= 11 is 0. The van der Waals surface area contributed by atoms with Crippen molar-refractivity contribution in [2.75, 3.05) is 0 Å². The van der Waals surface area contributed by atoms with Gasteiger partial charge < -0.3 is 14.6 Å². The van der Waals surface area contributed by atoms with Crippen molar-refractivity contribution in [1.82, 2.24) is 0 Å². The number of phenolic OH excluding ortho intramolecular Hbond substituents is 1. The Morgan fingerprint density at radius 1 is 1.00 bits per heavy atom. The number of halogens is 2. The Morgan fingerprint density at radius 2 is 1.75 bits per heavy atom. The first-order valence-corrected chi connectivity index (χ1v) is 9.56. The number of carboxylic acids is 1. The molecule has 0 amide bonds. The first kappa shape index (κ1) is 21.0. The average molecular weight is 434 g/mol. The van der Waals surface area contributed by atoms with Crippen molar-refractivity contribution in [2.24, 2.45) is 0 Å².